The molecule has 0 saturated carbocycles. The van der Waals surface area contributed by atoms with Crippen LogP contribution < -0.4 is 10.4 Å². The molecular formula is C23H22ClFN2O5S. The molecule has 0 unspecified atom stereocenters. The number of carbonyl (C=O) groups is 1. The van der Waals surface area contributed by atoms with Crippen LogP contribution >= 0.6 is 11.6 Å². The summed E-state index contributed by atoms with van der Waals surface area (Å²) in [6, 6.07) is 7.11. The van der Waals surface area contributed by atoms with Gasteiger partial charge in [-0.05, 0) is 30.7 Å². The van der Waals surface area contributed by atoms with Crippen LogP contribution in [0.3, 0.4) is 0 Å². The van der Waals surface area contributed by atoms with E-state index in [1.165, 1.54) is 48.0 Å². The summed E-state index contributed by atoms with van der Waals surface area (Å²) in [5.74, 6) is -2.61. The molecule has 2 aromatic carbocycles. The number of benzene rings is 2. The van der Waals surface area contributed by atoms with Gasteiger partial charge < -0.3 is 10.1 Å². The van der Waals surface area contributed by atoms with Gasteiger partial charge in [0.25, 0.3) is 0 Å². The fraction of sp³-hybridized carbons (Fsp3) is 0.217. The lowest BCUT2D eigenvalue weighted by molar-refractivity contribution is 0.0694. The van der Waals surface area contributed by atoms with Crippen molar-refractivity contribution < 1.29 is 22.7 Å². The lowest BCUT2D eigenvalue weighted by atomic mass is 10.0. The number of carboxylic acids is 1. The average molecular weight is 493 g/mol. The molecule has 174 valence electrons. The predicted molar refractivity (Wildman–Crippen MR) is 126 cm³/mol. The normalized spacial score (nSPS) is 11.5. The van der Waals surface area contributed by atoms with Crippen molar-refractivity contribution >= 4 is 38.3 Å². The zero-order valence-electron chi connectivity index (χ0n) is 18.2. The van der Waals surface area contributed by atoms with Crippen molar-refractivity contribution in [3.8, 4) is 0 Å². The van der Waals surface area contributed by atoms with Crippen molar-refractivity contribution in [1.82, 2.24) is 4.68 Å². The first kappa shape index (κ1) is 24.5. The van der Waals surface area contributed by atoms with Crippen LogP contribution in [0.5, 0.6) is 0 Å². The summed E-state index contributed by atoms with van der Waals surface area (Å²) in [4.78, 5) is 25.0. The standard InChI is InChI=1S/C23H22ClFN2O5S/c1-5-11-33(31,32)22-14(12-15-16(24)7-6-8-17(15)25)9-10-18-20(22)21(28)19(23(29)30)13(2)27(18)26(3)4/h5-10H,1,11-12H2,2-4H3,(H,29,30). The van der Waals surface area contributed by atoms with E-state index < -0.39 is 38.4 Å². The number of hydrogen-bond donors (Lipinski definition) is 1. The third kappa shape index (κ3) is 4.26. The average Bonchev–Trinajstić information content (AvgIpc) is 2.70. The molecule has 0 radical (unpaired) electrons. The molecule has 1 N–H and O–H groups in total. The Labute approximate surface area is 195 Å². The summed E-state index contributed by atoms with van der Waals surface area (Å²) >= 11 is 6.16. The van der Waals surface area contributed by atoms with Gasteiger partial charge in [0.15, 0.2) is 9.84 Å². The maximum absolute atomic E-state index is 14.5. The Morgan fingerprint density at radius 1 is 1.27 bits per heavy atom. The first-order valence-corrected chi connectivity index (χ1v) is 11.8. The van der Waals surface area contributed by atoms with E-state index in [1.807, 2.05) is 0 Å². The fourth-order valence-corrected chi connectivity index (χ4v) is 5.73. The topological polar surface area (TPSA) is 96.7 Å². The van der Waals surface area contributed by atoms with Crippen LogP contribution in [0.25, 0.3) is 10.9 Å². The van der Waals surface area contributed by atoms with Crippen LogP contribution in [0.1, 0.15) is 27.2 Å². The Balaban J connectivity index is 2.57. The first-order chi connectivity index (χ1) is 15.4. The third-order valence-corrected chi connectivity index (χ3v) is 7.39. The predicted octanol–water partition coefficient (Wildman–Crippen LogP) is 3.55. The molecule has 0 bridgehead atoms. The SMILES string of the molecule is C=CCS(=O)(=O)c1c(Cc2c(F)cccc2Cl)ccc2c1c(=O)c(C(=O)O)c(C)n2N(C)C. The van der Waals surface area contributed by atoms with Gasteiger partial charge in [-0.15, -0.1) is 6.58 Å². The van der Waals surface area contributed by atoms with Gasteiger partial charge in [0.1, 0.15) is 11.4 Å². The Morgan fingerprint density at radius 2 is 1.94 bits per heavy atom. The summed E-state index contributed by atoms with van der Waals surface area (Å²) in [5.41, 5.74) is -0.948. The van der Waals surface area contributed by atoms with Crippen LogP contribution in [-0.2, 0) is 16.3 Å². The van der Waals surface area contributed by atoms with E-state index >= 15 is 0 Å². The van der Waals surface area contributed by atoms with E-state index in [4.69, 9.17) is 11.6 Å². The zero-order valence-corrected chi connectivity index (χ0v) is 19.8. The third-order valence-electron chi connectivity index (χ3n) is 5.27. The summed E-state index contributed by atoms with van der Waals surface area (Å²) in [6.45, 7) is 4.94. The van der Waals surface area contributed by atoms with E-state index in [-0.39, 0.29) is 44.1 Å². The molecule has 0 aliphatic heterocycles. The molecular weight excluding hydrogens is 471 g/mol. The Hall–Kier alpha value is -3.17. The number of halogens is 2. The highest BCUT2D eigenvalue weighted by Gasteiger charge is 2.29. The van der Waals surface area contributed by atoms with Gasteiger partial charge in [-0.2, -0.15) is 0 Å². The van der Waals surface area contributed by atoms with Crippen molar-refractivity contribution in [1.29, 1.82) is 0 Å². The molecule has 1 aromatic heterocycles. The van der Waals surface area contributed by atoms with E-state index in [0.717, 1.165) is 0 Å². The fourth-order valence-electron chi connectivity index (χ4n) is 3.98. The Morgan fingerprint density at radius 3 is 2.48 bits per heavy atom. The molecule has 0 aliphatic carbocycles. The second-order valence-corrected chi connectivity index (χ2v) is 10.0. The highest BCUT2D eigenvalue weighted by molar-refractivity contribution is 7.91. The minimum Gasteiger partial charge on any atom is -0.477 e. The van der Waals surface area contributed by atoms with Gasteiger partial charge in [0.05, 0.1) is 27.2 Å². The number of sulfone groups is 1. The molecule has 33 heavy (non-hydrogen) atoms. The Kier molecular flexibility index (Phi) is 6.67. The second kappa shape index (κ2) is 8.99. The zero-order chi connectivity index (χ0) is 24.7. The highest BCUT2D eigenvalue weighted by atomic mass is 35.5. The van der Waals surface area contributed by atoms with Crippen molar-refractivity contribution in [3.05, 3.63) is 86.4 Å². The van der Waals surface area contributed by atoms with Crippen molar-refractivity contribution in [2.45, 2.75) is 18.2 Å². The maximum atomic E-state index is 14.5. The monoisotopic (exact) mass is 492 g/mol. The Bertz CT molecular complexity index is 1440. The van der Waals surface area contributed by atoms with Gasteiger partial charge in [-0.3, -0.25) is 9.47 Å². The first-order valence-electron chi connectivity index (χ1n) is 9.81. The molecule has 3 aromatic rings. The number of aromatic nitrogens is 1. The number of aromatic carboxylic acids is 1. The molecule has 0 fully saturated rings. The highest BCUT2D eigenvalue weighted by Crippen LogP contribution is 2.31. The molecule has 7 nitrogen and oxygen atoms in total. The molecule has 10 heteroatoms. The lowest BCUT2D eigenvalue weighted by Gasteiger charge is -2.25. The van der Waals surface area contributed by atoms with Gasteiger partial charge in [0.2, 0.25) is 5.43 Å². The number of pyridine rings is 1. The van der Waals surface area contributed by atoms with E-state index in [1.54, 1.807) is 19.1 Å². The lowest BCUT2D eigenvalue weighted by Crippen LogP contribution is -2.33. The van der Waals surface area contributed by atoms with E-state index in [9.17, 15) is 27.5 Å². The summed E-state index contributed by atoms with van der Waals surface area (Å²) < 4.78 is 42.6. The number of hydrogen-bond acceptors (Lipinski definition) is 5. The van der Waals surface area contributed by atoms with E-state index in [0.29, 0.717) is 0 Å². The molecule has 0 atom stereocenters. The van der Waals surface area contributed by atoms with Gasteiger partial charge in [-0.1, -0.05) is 29.8 Å². The van der Waals surface area contributed by atoms with Crippen LogP contribution in [0.15, 0.2) is 52.7 Å². The minimum absolute atomic E-state index is 0.0621. The van der Waals surface area contributed by atoms with Crippen LogP contribution in [0, 0.1) is 12.7 Å². The molecule has 1 heterocycles. The minimum atomic E-state index is -4.14. The van der Waals surface area contributed by atoms with Crippen LogP contribution in [0.4, 0.5) is 4.39 Å². The van der Waals surface area contributed by atoms with Gasteiger partial charge >= 0.3 is 5.97 Å². The maximum Gasteiger partial charge on any atom is 0.341 e. The van der Waals surface area contributed by atoms with Crippen LogP contribution in [-0.4, -0.2) is 44.0 Å². The van der Waals surface area contributed by atoms with Crippen molar-refractivity contribution in [2.75, 3.05) is 24.9 Å². The number of carboxylic acid groups (broad SMARTS) is 1. The van der Waals surface area contributed by atoms with Crippen molar-refractivity contribution in [2.24, 2.45) is 0 Å². The molecule has 3 rings (SSSR count). The molecule has 0 saturated heterocycles. The summed E-state index contributed by atoms with van der Waals surface area (Å²) in [5, 5.41) is 11.1. The number of fused-ring (bicyclic) bond motifs is 1. The quantitative estimate of drug-likeness (QED) is 0.507. The summed E-state index contributed by atoms with van der Waals surface area (Å²) in [6.07, 6.45) is 0.954. The summed E-state index contributed by atoms with van der Waals surface area (Å²) in [7, 11) is -0.877. The molecule has 0 amide bonds. The van der Waals surface area contributed by atoms with Gasteiger partial charge in [-0.25, -0.2) is 17.6 Å². The largest absolute Gasteiger partial charge is 0.477 e. The van der Waals surface area contributed by atoms with Crippen molar-refractivity contribution in [3.63, 3.8) is 0 Å². The number of nitrogens with zero attached hydrogens (tertiary/aromatic N) is 2. The van der Waals surface area contributed by atoms with E-state index in [2.05, 4.69) is 6.58 Å². The number of rotatable bonds is 7. The van der Waals surface area contributed by atoms with Crippen LogP contribution in [0.2, 0.25) is 5.02 Å². The second-order valence-electron chi connectivity index (χ2n) is 7.65. The van der Waals surface area contributed by atoms with Gasteiger partial charge in [0, 0.05) is 31.1 Å². The molecule has 0 spiro atoms. The smallest absolute Gasteiger partial charge is 0.341 e. The molecule has 0 aliphatic rings.